The number of anilines is 1. The number of nitrogens with zero attached hydrogens (tertiary/aromatic N) is 1. The number of benzene rings is 1. The highest BCUT2D eigenvalue weighted by Gasteiger charge is 2.22. The van der Waals surface area contributed by atoms with Crippen molar-refractivity contribution in [2.24, 2.45) is 0 Å². The van der Waals surface area contributed by atoms with Gasteiger partial charge in [0.25, 0.3) is 5.69 Å². The first-order valence-electron chi connectivity index (χ1n) is 4.56. The molecule has 0 spiro atoms. The van der Waals surface area contributed by atoms with Crippen molar-refractivity contribution in [3.8, 4) is 0 Å². The number of nitrogens with one attached hydrogen (secondary N) is 1. The molecule has 1 heterocycles. The largest absolute Gasteiger partial charge is 0.393 e. The van der Waals surface area contributed by atoms with Crippen LogP contribution in [0.15, 0.2) is 10.5 Å². The Balaban J connectivity index is 0.00000128. The van der Waals surface area contributed by atoms with E-state index in [1.165, 1.54) is 6.07 Å². The summed E-state index contributed by atoms with van der Waals surface area (Å²) < 4.78 is 0.755. The third-order valence-electron chi connectivity index (χ3n) is 2.57. The zero-order valence-electron chi connectivity index (χ0n) is 8.33. The van der Waals surface area contributed by atoms with Gasteiger partial charge in [-0.3, -0.25) is 10.1 Å². The number of fused-ring (bicyclic) bond motifs is 1. The maximum atomic E-state index is 10.7. The van der Waals surface area contributed by atoms with Gasteiger partial charge in [0.1, 0.15) is 5.69 Å². The Morgan fingerprint density at radius 1 is 1.50 bits per heavy atom. The summed E-state index contributed by atoms with van der Waals surface area (Å²) >= 11 is 3.34. The lowest BCUT2D eigenvalue weighted by Gasteiger charge is -2.20. The molecule has 1 aliphatic heterocycles. The van der Waals surface area contributed by atoms with E-state index in [0.717, 1.165) is 28.6 Å². The Morgan fingerprint density at radius 2 is 2.19 bits per heavy atom. The second-order valence-corrected chi connectivity index (χ2v) is 4.29. The number of hydrogen-bond acceptors (Lipinski definition) is 4. The Hall–Kier alpha value is -0.850. The maximum Gasteiger partial charge on any atom is 0.293 e. The van der Waals surface area contributed by atoms with Gasteiger partial charge in [0.05, 0.1) is 4.92 Å². The predicted molar refractivity (Wildman–Crippen MR) is 67.9 cm³/mol. The fourth-order valence-electron chi connectivity index (χ4n) is 1.80. The molecule has 16 heavy (non-hydrogen) atoms. The van der Waals surface area contributed by atoms with Crippen LogP contribution >= 0.6 is 28.3 Å². The van der Waals surface area contributed by atoms with Crippen LogP contribution in [0.2, 0.25) is 0 Å². The standard InChI is InChI=1S/C9H10BrN3O2.ClH/c10-7-3-8(13(14)15)9(11)5-1-2-12-4-6(5)7;/h3,12H,1-2,4,11H2;1H. The van der Waals surface area contributed by atoms with Crippen LogP contribution in [0.4, 0.5) is 11.4 Å². The molecule has 0 saturated carbocycles. The van der Waals surface area contributed by atoms with E-state index >= 15 is 0 Å². The van der Waals surface area contributed by atoms with Gasteiger partial charge in [0.15, 0.2) is 0 Å². The molecular formula is C9H11BrClN3O2. The Labute approximate surface area is 107 Å². The van der Waals surface area contributed by atoms with Gasteiger partial charge in [0, 0.05) is 17.1 Å². The number of rotatable bonds is 1. The summed E-state index contributed by atoms with van der Waals surface area (Å²) in [5, 5.41) is 14.0. The van der Waals surface area contributed by atoms with E-state index in [9.17, 15) is 10.1 Å². The third kappa shape index (κ3) is 2.14. The zero-order chi connectivity index (χ0) is 11.0. The minimum absolute atomic E-state index is 0. The number of nitrogens with two attached hydrogens (primary N) is 1. The normalized spacial score (nSPS) is 13.8. The van der Waals surface area contributed by atoms with Gasteiger partial charge in [-0.25, -0.2) is 0 Å². The lowest BCUT2D eigenvalue weighted by atomic mass is 9.98. The van der Waals surface area contributed by atoms with Crippen LogP contribution in [0.25, 0.3) is 0 Å². The lowest BCUT2D eigenvalue weighted by molar-refractivity contribution is -0.384. The van der Waals surface area contributed by atoms with E-state index in [4.69, 9.17) is 5.73 Å². The second-order valence-electron chi connectivity index (χ2n) is 3.43. The van der Waals surface area contributed by atoms with E-state index in [0.29, 0.717) is 12.2 Å². The molecule has 5 nitrogen and oxygen atoms in total. The predicted octanol–water partition coefficient (Wildman–Crippen LogP) is 2.01. The molecule has 88 valence electrons. The van der Waals surface area contributed by atoms with Crippen molar-refractivity contribution < 1.29 is 4.92 Å². The summed E-state index contributed by atoms with van der Waals surface area (Å²) in [6.45, 7) is 1.52. The van der Waals surface area contributed by atoms with Crippen molar-refractivity contribution in [1.29, 1.82) is 0 Å². The molecule has 0 unspecified atom stereocenters. The molecule has 0 bridgehead atoms. The van der Waals surface area contributed by atoms with Gasteiger partial charge >= 0.3 is 0 Å². The summed E-state index contributed by atoms with van der Waals surface area (Å²) in [5.74, 6) is 0. The first-order valence-corrected chi connectivity index (χ1v) is 5.35. The SMILES string of the molecule is Cl.Nc1c([N+](=O)[O-])cc(Br)c2c1CCNC2. The van der Waals surface area contributed by atoms with E-state index in [1.807, 2.05) is 0 Å². The van der Waals surface area contributed by atoms with Crippen LogP contribution in [0.5, 0.6) is 0 Å². The Morgan fingerprint density at radius 3 is 2.81 bits per heavy atom. The fraction of sp³-hybridized carbons (Fsp3) is 0.333. The second kappa shape index (κ2) is 4.99. The van der Waals surface area contributed by atoms with Crippen LogP contribution in [-0.4, -0.2) is 11.5 Å². The van der Waals surface area contributed by atoms with Crippen molar-refractivity contribution in [3.63, 3.8) is 0 Å². The highest BCUT2D eigenvalue weighted by molar-refractivity contribution is 9.10. The molecule has 0 saturated heterocycles. The topological polar surface area (TPSA) is 81.2 Å². The molecule has 1 aromatic carbocycles. The summed E-state index contributed by atoms with van der Waals surface area (Å²) in [6, 6.07) is 1.47. The highest BCUT2D eigenvalue weighted by Crippen LogP contribution is 2.35. The van der Waals surface area contributed by atoms with Crippen LogP contribution in [0.1, 0.15) is 11.1 Å². The average molecular weight is 309 g/mol. The van der Waals surface area contributed by atoms with Gasteiger partial charge in [-0.2, -0.15) is 0 Å². The zero-order valence-corrected chi connectivity index (χ0v) is 10.7. The van der Waals surface area contributed by atoms with Crippen molar-refractivity contribution in [2.75, 3.05) is 12.3 Å². The fourth-order valence-corrected chi connectivity index (χ4v) is 2.40. The molecule has 7 heteroatoms. The van der Waals surface area contributed by atoms with E-state index in [2.05, 4.69) is 21.2 Å². The maximum absolute atomic E-state index is 10.7. The van der Waals surface area contributed by atoms with Gasteiger partial charge in [-0.1, -0.05) is 15.9 Å². The third-order valence-corrected chi connectivity index (χ3v) is 3.27. The first-order chi connectivity index (χ1) is 7.11. The molecule has 0 aliphatic carbocycles. The smallest absolute Gasteiger partial charge is 0.293 e. The summed E-state index contributed by atoms with van der Waals surface area (Å²) in [7, 11) is 0. The molecular weight excluding hydrogens is 297 g/mol. The summed E-state index contributed by atoms with van der Waals surface area (Å²) in [6.07, 6.45) is 0.738. The van der Waals surface area contributed by atoms with Crippen molar-refractivity contribution in [2.45, 2.75) is 13.0 Å². The monoisotopic (exact) mass is 307 g/mol. The van der Waals surface area contributed by atoms with Gasteiger partial charge in [0.2, 0.25) is 0 Å². The van der Waals surface area contributed by atoms with Crippen molar-refractivity contribution in [3.05, 3.63) is 31.8 Å². The molecule has 2 rings (SSSR count). The molecule has 1 aromatic rings. The van der Waals surface area contributed by atoms with Gasteiger partial charge in [-0.15, -0.1) is 12.4 Å². The van der Waals surface area contributed by atoms with E-state index < -0.39 is 4.92 Å². The quantitative estimate of drug-likeness (QED) is 0.472. The summed E-state index contributed by atoms with van der Waals surface area (Å²) in [4.78, 5) is 10.3. The van der Waals surface area contributed by atoms with Crippen LogP contribution in [0.3, 0.4) is 0 Å². The molecule has 0 fully saturated rings. The number of halogens is 2. The minimum atomic E-state index is -0.442. The Kier molecular flexibility index (Phi) is 4.12. The minimum Gasteiger partial charge on any atom is -0.393 e. The molecule has 0 radical (unpaired) electrons. The van der Waals surface area contributed by atoms with Crippen LogP contribution in [-0.2, 0) is 13.0 Å². The summed E-state index contributed by atoms with van der Waals surface area (Å²) in [5.41, 5.74) is 8.01. The molecule has 0 atom stereocenters. The lowest BCUT2D eigenvalue weighted by Crippen LogP contribution is -2.25. The Bertz CT molecular complexity index is 439. The van der Waals surface area contributed by atoms with E-state index in [-0.39, 0.29) is 18.1 Å². The average Bonchev–Trinajstić information content (AvgIpc) is 2.23. The van der Waals surface area contributed by atoms with E-state index in [1.54, 1.807) is 0 Å². The van der Waals surface area contributed by atoms with Crippen molar-refractivity contribution >= 4 is 39.7 Å². The number of nitro benzene ring substituents is 1. The van der Waals surface area contributed by atoms with Gasteiger partial charge in [-0.05, 0) is 24.1 Å². The molecule has 0 amide bonds. The molecule has 0 aromatic heterocycles. The highest BCUT2D eigenvalue weighted by atomic mass is 79.9. The number of nitro groups is 1. The molecule has 1 aliphatic rings. The number of hydrogen-bond donors (Lipinski definition) is 2. The van der Waals surface area contributed by atoms with Gasteiger partial charge < -0.3 is 11.1 Å². The van der Waals surface area contributed by atoms with Crippen molar-refractivity contribution in [1.82, 2.24) is 5.32 Å². The number of nitrogen functional groups attached to an aromatic ring is 1. The van der Waals surface area contributed by atoms with Crippen LogP contribution in [0, 0.1) is 10.1 Å². The first kappa shape index (κ1) is 13.2. The molecule has 3 N–H and O–H groups in total. The van der Waals surface area contributed by atoms with Crippen LogP contribution < -0.4 is 11.1 Å².